The molecule has 142 valence electrons. The van der Waals surface area contributed by atoms with Gasteiger partial charge in [0, 0.05) is 11.9 Å². The quantitative estimate of drug-likeness (QED) is 0.647. The Labute approximate surface area is 161 Å². The molecule has 27 heavy (non-hydrogen) atoms. The van der Waals surface area contributed by atoms with Crippen molar-refractivity contribution in [3.05, 3.63) is 63.3 Å². The summed E-state index contributed by atoms with van der Waals surface area (Å²) in [5.41, 5.74) is 0.661. The molecule has 7 heteroatoms. The molecule has 2 heterocycles. The average molecular weight is 387 g/mol. The molecule has 0 aliphatic carbocycles. The van der Waals surface area contributed by atoms with E-state index in [1.165, 1.54) is 34.4 Å². The molecule has 0 aliphatic rings. The van der Waals surface area contributed by atoms with Gasteiger partial charge in [-0.25, -0.2) is 9.37 Å². The van der Waals surface area contributed by atoms with Crippen LogP contribution in [0.2, 0.25) is 0 Å². The zero-order valence-electron chi connectivity index (χ0n) is 15.6. The second-order valence-electron chi connectivity index (χ2n) is 6.44. The van der Waals surface area contributed by atoms with E-state index in [9.17, 15) is 14.0 Å². The van der Waals surface area contributed by atoms with Crippen molar-refractivity contribution in [1.82, 2.24) is 14.5 Å². The highest BCUT2D eigenvalue weighted by Crippen LogP contribution is 2.24. The molecule has 3 aromatic rings. The van der Waals surface area contributed by atoms with Gasteiger partial charge in [-0.15, -0.1) is 11.3 Å². The minimum Gasteiger partial charge on any atom is -0.337 e. The highest BCUT2D eigenvalue weighted by molar-refractivity contribution is 7.18. The second-order valence-corrected chi connectivity index (χ2v) is 7.56. The summed E-state index contributed by atoms with van der Waals surface area (Å²) in [5.74, 6) is -0.504. The number of benzene rings is 1. The van der Waals surface area contributed by atoms with E-state index in [4.69, 9.17) is 0 Å². The third-order valence-electron chi connectivity index (χ3n) is 4.73. The van der Waals surface area contributed by atoms with Gasteiger partial charge in [-0.05, 0) is 36.6 Å². The van der Waals surface area contributed by atoms with Gasteiger partial charge >= 0.3 is 0 Å². The molecule has 1 aromatic carbocycles. The molecule has 0 saturated carbocycles. The molecule has 2 aromatic heterocycles. The van der Waals surface area contributed by atoms with Crippen LogP contribution in [-0.2, 0) is 17.8 Å². The number of likely N-dealkylation sites (N-methyl/N-ethyl adjacent to an activating group) is 1. The minimum atomic E-state index is -0.310. The zero-order valence-corrected chi connectivity index (χ0v) is 16.4. The van der Waals surface area contributed by atoms with Gasteiger partial charge < -0.3 is 4.90 Å². The molecule has 5 nitrogen and oxygen atoms in total. The van der Waals surface area contributed by atoms with Gasteiger partial charge in [0.25, 0.3) is 5.56 Å². The number of carbonyl (C=O) groups is 1. The lowest BCUT2D eigenvalue weighted by Crippen LogP contribution is -2.36. The molecule has 0 radical (unpaired) electrons. The summed E-state index contributed by atoms with van der Waals surface area (Å²) >= 11 is 1.50. The van der Waals surface area contributed by atoms with Gasteiger partial charge in [-0.3, -0.25) is 14.2 Å². The maximum absolute atomic E-state index is 13.2. The van der Waals surface area contributed by atoms with E-state index in [2.05, 4.69) is 4.98 Å². The van der Waals surface area contributed by atoms with Crippen LogP contribution in [-0.4, -0.2) is 27.4 Å². The van der Waals surface area contributed by atoms with Crippen LogP contribution in [0.5, 0.6) is 0 Å². The summed E-state index contributed by atoms with van der Waals surface area (Å²) in [6, 6.07) is 7.82. The molecule has 1 unspecified atom stereocenters. The molecule has 3 rings (SSSR count). The number of aryl methyl sites for hydroxylation is 1. The Morgan fingerprint density at radius 3 is 2.63 bits per heavy atom. The SMILES string of the molecule is CCc1cc2c(=O)n(CC(=O)N(C)C(CC)c3ccc(F)cc3)cnc2s1. The van der Waals surface area contributed by atoms with Crippen molar-refractivity contribution in [2.45, 2.75) is 39.3 Å². The van der Waals surface area contributed by atoms with E-state index in [0.29, 0.717) is 16.6 Å². The van der Waals surface area contributed by atoms with Crippen molar-refractivity contribution in [3.8, 4) is 0 Å². The lowest BCUT2D eigenvalue weighted by atomic mass is 10.0. The Balaban J connectivity index is 1.83. The number of hydrogen-bond acceptors (Lipinski definition) is 4. The first-order valence-electron chi connectivity index (χ1n) is 8.93. The molecule has 1 atom stereocenters. The highest BCUT2D eigenvalue weighted by atomic mass is 32.1. The molecule has 0 bridgehead atoms. The molecule has 0 saturated heterocycles. The van der Waals surface area contributed by atoms with E-state index in [-0.39, 0.29) is 29.9 Å². The Hall–Kier alpha value is -2.54. The predicted molar refractivity (Wildman–Crippen MR) is 105 cm³/mol. The maximum Gasteiger partial charge on any atom is 0.262 e. The van der Waals surface area contributed by atoms with Crippen LogP contribution in [0, 0.1) is 5.82 Å². The third kappa shape index (κ3) is 3.93. The first-order chi connectivity index (χ1) is 12.9. The van der Waals surface area contributed by atoms with E-state index in [0.717, 1.165) is 16.9 Å². The molecule has 1 amide bonds. The summed E-state index contributed by atoms with van der Waals surface area (Å²) in [4.78, 5) is 33.2. The summed E-state index contributed by atoms with van der Waals surface area (Å²) in [5, 5.41) is 0.556. The van der Waals surface area contributed by atoms with Gasteiger partial charge in [0.2, 0.25) is 5.91 Å². The van der Waals surface area contributed by atoms with Gasteiger partial charge in [0.15, 0.2) is 0 Å². The van der Waals surface area contributed by atoms with Crippen LogP contribution < -0.4 is 5.56 Å². The number of fused-ring (bicyclic) bond motifs is 1. The fourth-order valence-electron chi connectivity index (χ4n) is 3.15. The molecule has 0 N–H and O–H groups in total. The smallest absolute Gasteiger partial charge is 0.262 e. The van der Waals surface area contributed by atoms with Crippen LogP contribution in [0.3, 0.4) is 0 Å². The third-order valence-corrected chi connectivity index (χ3v) is 5.91. The predicted octanol–water partition coefficient (Wildman–Crippen LogP) is 3.77. The zero-order chi connectivity index (χ0) is 19.6. The first kappa shape index (κ1) is 19.2. The average Bonchev–Trinajstić information content (AvgIpc) is 3.10. The number of amides is 1. The summed E-state index contributed by atoms with van der Waals surface area (Å²) in [6.07, 6.45) is 2.97. The Morgan fingerprint density at radius 2 is 2.00 bits per heavy atom. The second kappa shape index (κ2) is 8.00. The summed E-state index contributed by atoms with van der Waals surface area (Å²) in [6.45, 7) is 3.92. The van der Waals surface area contributed by atoms with Gasteiger partial charge in [0.1, 0.15) is 17.2 Å². The number of halogens is 1. The van der Waals surface area contributed by atoms with Crippen molar-refractivity contribution in [3.63, 3.8) is 0 Å². The topological polar surface area (TPSA) is 55.2 Å². The van der Waals surface area contributed by atoms with Crippen molar-refractivity contribution >= 4 is 27.5 Å². The lowest BCUT2D eigenvalue weighted by molar-refractivity contribution is -0.132. The van der Waals surface area contributed by atoms with Gasteiger partial charge in [0.05, 0.1) is 17.8 Å². The normalized spacial score (nSPS) is 12.3. The molecule has 0 spiro atoms. The summed E-state index contributed by atoms with van der Waals surface area (Å²) < 4.78 is 14.5. The standard InChI is InChI=1S/C20H22FN3O2S/c1-4-15-10-16-19(27-15)22-12-24(20(16)26)11-18(25)23(3)17(5-2)13-6-8-14(21)9-7-13/h6-10,12,17H,4-5,11H2,1-3H3. The van der Waals surface area contributed by atoms with E-state index >= 15 is 0 Å². The molecule has 0 aliphatic heterocycles. The van der Waals surface area contributed by atoms with Crippen molar-refractivity contribution in [2.24, 2.45) is 0 Å². The number of nitrogens with zero attached hydrogens (tertiary/aromatic N) is 3. The fourth-order valence-corrected chi connectivity index (χ4v) is 4.07. The number of thiophene rings is 1. The van der Waals surface area contributed by atoms with Crippen LogP contribution in [0.25, 0.3) is 10.2 Å². The maximum atomic E-state index is 13.2. The van der Waals surface area contributed by atoms with E-state index in [1.807, 2.05) is 19.9 Å². The van der Waals surface area contributed by atoms with E-state index in [1.54, 1.807) is 24.1 Å². The van der Waals surface area contributed by atoms with Crippen molar-refractivity contribution in [1.29, 1.82) is 0 Å². The number of rotatable bonds is 6. The largest absolute Gasteiger partial charge is 0.337 e. The van der Waals surface area contributed by atoms with E-state index < -0.39 is 0 Å². The minimum absolute atomic E-state index is 0.0761. The van der Waals surface area contributed by atoms with Gasteiger partial charge in [-0.1, -0.05) is 26.0 Å². The fraction of sp³-hybridized carbons (Fsp3) is 0.350. The van der Waals surface area contributed by atoms with Crippen LogP contribution >= 0.6 is 11.3 Å². The monoisotopic (exact) mass is 387 g/mol. The summed E-state index contributed by atoms with van der Waals surface area (Å²) in [7, 11) is 1.70. The highest BCUT2D eigenvalue weighted by Gasteiger charge is 2.21. The molecular formula is C20H22FN3O2S. The number of hydrogen-bond donors (Lipinski definition) is 0. The Morgan fingerprint density at radius 1 is 1.30 bits per heavy atom. The van der Waals surface area contributed by atoms with Crippen molar-refractivity contribution < 1.29 is 9.18 Å². The van der Waals surface area contributed by atoms with Gasteiger partial charge in [-0.2, -0.15) is 0 Å². The number of aromatic nitrogens is 2. The molecule has 0 fully saturated rings. The van der Waals surface area contributed by atoms with Crippen molar-refractivity contribution in [2.75, 3.05) is 7.05 Å². The Bertz CT molecular complexity index is 1010. The number of carbonyl (C=O) groups excluding carboxylic acids is 1. The molecular weight excluding hydrogens is 365 g/mol. The lowest BCUT2D eigenvalue weighted by Gasteiger charge is -2.28. The van der Waals surface area contributed by atoms with Crippen LogP contribution in [0.15, 0.2) is 41.5 Å². The first-order valence-corrected chi connectivity index (χ1v) is 9.75. The Kier molecular flexibility index (Phi) is 5.70. The van der Waals surface area contributed by atoms with Crippen LogP contribution in [0.1, 0.15) is 36.8 Å². The van der Waals surface area contributed by atoms with Crippen LogP contribution in [0.4, 0.5) is 4.39 Å².